The first-order valence-electron chi connectivity index (χ1n) is 9.63. The number of nitrogens with zero attached hydrogens (tertiary/aromatic N) is 1. The van der Waals surface area contributed by atoms with Crippen LogP contribution in [-0.4, -0.2) is 33.5 Å². The molecule has 2 unspecified atom stereocenters. The Morgan fingerprint density at radius 2 is 1.75 bits per heavy atom. The first-order valence-corrected chi connectivity index (χ1v) is 9.63. The van der Waals surface area contributed by atoms with Crippen molar-refractivity contribution in [2.75, 3.05) is 6.61 Å². The van der Waals surface area contributed by atoms with Gasteiger partial charge in [0.25, 0.3) is 0 Å². The van der Waals surface area contributed by atoms with E-state index < -0.39 is 17.5 Å². The van der Waals surface area contributed by atoms with E-state index in [1.165, 1.54) is 18.2 Å². The first-order chi connectivity index (χ1) is 13.4. The summed E-state index contributed by atoms with van der Waals surface area (Å²) in [4.78, 5) is 11.3. The molecular weight excluding hydrogens is 358 g/mol. The van der Waals surface area contributed by atoms with Crippen molar-refractivity contribution in [1.82, 2.24) is 0 Å². The van der Waals surface area contributed by atoms with Crippen LogP contribution >= 0.6 is 0 Å². The molecule has 0 aromatic heterocycles. The molecule has 3 N–H and O–H groups in total. The number of aliphatic carboxylic acids is 1. The summed E-state index contributed by atoms with van der Waals surface area (Å²) >= 11 is 0. The smallest absolute Gasteiger partial charge is 0.313 e. The highest BCUT2D eigenvalue weighted by Gasteiger charge is 2.39. The van der Waals surface area contributed by atoms with E-state index in [2.05, 4.69) is 6.07 Å². The van der Waals surface area contributed by atoms with Crippen molar-refractivity contribution in [2.24, 2.45) is 5.92 Å². The van der Waals surface area contributed by atoms with Crippen molar-refractivity contribution in [3.63, 3.8) is 0 Å². The minimum Gasteiger partial charge on any atom is -0.508 e. The molecule has 1 aromatic carbocycles. The lowest BCUT2D eigenvalue weighted by Crippen LogP contribution is -2.41. The third-order valence-electron chi connectivity index (χ3n) is 4.91. The molecule has 1 aliphatic carbocycles. The van der Waals surface area contributed by atoms with Crippen LogP contribution in [0.3, 0.4) is 0 Å². The van der Waals surface area contributed by atoms with E-state index in [0.717, 1.165) is 44.3 Å². The van der Waals surface area contributed by atoms with E-state index >= 15 is 0 Å². The number of allylic oxidation sites excluding steroid dienone is 1. The number of hydrogen-bond acceptors (Lipinski definition) is 5. The van der Waals surface area contributed by atoms with Crippen LogP contribution in [-0.2, 0) is 4.79 Å². The second-order valence-electron chi connectivity index (χ2n) is 7.09. The average Bonchev–Trinajstić information content (AvgIpc) is 2.69. The van der Waals surface area contributed by atoms with Crippen molar-refractivity contribution in [2.45, 2.75) is 50.5 Å². The maximum atomic E-state index is 11.3. The summed E-state index contributed by atoms with van der Waals surface area (Å²) in [5.74, 6) is -1.61. The standard InChI is InChI=1S/C22H27NO5/c23-16-17-7-9-19(10-8-17)28-14-6-4-2-1-3-5-12-22(27)13-11-18(24)15-20(22)21(25)26/h7-11,13,15,20,24,27H,1-6,12,14H2,(H,25,26). The highest BCUT2D eigenvalue weighted by Crippen LogP contribution is 2.32. The Labute approximate surface area is 165 Å². The first kappa shape index (κ1) is 21.5. The van der Waals surface area contributed by atoms with Crippen molar-refractivity contribution in [3.05, 3.63) is 53.8 Å². The van der Waals surface area contributed by atoms with Gasteiger partial charge in [0, 0.05) is 0 Å². The monoisotopic (exact) mass is 385 g/mol. The fourth-order valence-electron chi connectivity index (χ4n) is 3.26. The Morgan fingerprint density at radius 1 is 1.11 bits per heavy atom. The molecule has 0 radical (unpaired) electrons. The normalized spacial score (nSPS) is 21.0. The van der Waals surface area contributed by atoms with E-state index in [1.54, 1.807) is 24.3 Å². The Morgan fingerprint density at radius 3 is 2.39 bits per heavy atom. The van der Waals surface area contributed by atoms with Gasteiger partial charge in [-0.25, -0.2) is 0 Å². The van der Waals surface area contributed by atoms with E-state index in [9.17, 15) is 20.1 Å². The largest absolute Gasteiger partial charge is 0.508 e. The van der Waals surface area contributed by atoms with Crippen LogP contribution in [0.5, 0.6) is 5.75 Å². The maximum Gasteiger partial charge on any atom is 0.313 e. The van der Waals surface area contributed by atoms with Crippen molar-refractivity contribution < 1.29 is 24.9 Å². The number of carboxylic acid groups (broad SMARTS) is 1. The lowest BCUT2D eigenvalue weighted by Gasteiger charge is -2.31. The Kier molecular flexibility index (Phi) is 8.09. The number of nitriles is 1. The van der Waals surface area contributed by atoms with Crippen LogP contribution in [0, 0.1) is 17.2 Å². The zero-order valence-corrected chi connectivity index (χ0v) is 15.9. The van der Waals surface area contributed by atoms with Crippen LogP contribution in [0.2, 0.25) is 0 Å². The topological polar surface area (TPSA) is 111 Å². The van der Waals surface area contributed by atoms with Gasteiger partial charge < -0.3 is 20.1 Å². The van der Waals surface area contributed by atoms with E-state index in [0.29, 0.717) is 18.6 Å². The lowest BCUT2D eigenvalue weighted by atomic mass is 9.79. The fraction of sp³-hybridized carbons (Fsp3) is 0.455. The lowest BCUT2D eigenvalue weighted by molar-refractivity contribution is -0.146. The van der Waals surface area contributed by atoms with Gasteiger partial charge in [-0.05, 0) is 55.3 Å². The van der Waals surface area contributed by atoms with E-state index in [-0.39, 0.29) is 5.76 Å². The number of carboxylic acids is 1. The number of ether oxygens (including phenoxy) is 1. The van der Waals surface area contributed by atoms with Crippen LogP contribution in [0.25, 0.3) is 0 Å². The second kappa shape index (κ2) is 10.5. The molecule has 0 heterocycles. The predicted molar refractivity (Wildman–Crippen MR) is 105 cm³/mol. The molecule has 0 spiro atoms. The van der Waals surface area contributed by atoms with Gasteiger partial charge in [0.2, 0.25) is 0 Å². The number of aliphatic hydroxyl groups is 2. The third kappa shape index (κ3) is 6.43. The molecule has 1 aliphatic rings. The van der Waals surface area contributed by atoms with Crippen LogP contribution in [0.15, 0.2) is 48.3 Å². The third-order valence-corrected chi connectivity index (χ3v) is 4.91. The van der Waals surface area contributed by atoms with Gasteiger partial charge >= 0.3 is 5.97 Å². The van der Waals surface area contributed by atoms with Gasteiger partial charge in [-0.1, -0.05) is 32.1 Å². The van der Waals surface area contributed by atoms with Crippen molar-refractivity contribution in [3.8, 4) is 11.8 Å². The molecular formula is C22H27NO5. The van der Waals surface area contributed by atoms with Crippen LogP contribution in [0.1, 0.15) is 50.5 Å². The summed E-state index contributed by atoms with van der Waals surface area (Å²) in [6.07, 6.45) is 9.96. The fourth-order valence-corrected chi connectivity index (χ4v) is 3.26. The highest BCUT2D eigenvalue weighted by molar-refractivity contribution is 5.75. The molecule has 150 valence electrons. The van der Waals surface area contributed by atoms with Crippen LogP contribution < -0.4 is 4.74 Å². The molecule has 6 heteroatoms. The molecule has 0 amide bonds. The number of carbonyl (C=O) groups is 1. The number of benzene rings is 1. The number of rotatable bonds is 11. The summed E-state index contributed by atoms with van der Waals surface area (Å²) in [6, 6.07) is 9.12. The molecule has 0 saturated heterocycles. The zero-order chi connectivity index (χ0) is 20.4. The summed E-state index contributed by atoms with van der Waals surface area (Å²) in [7, 11) is 0. The minimum absolute atomic E-state index is 0.125. The molecule has 0 saturated carbocycles. The van der Waals surface area contributed by atoms with Gasteiger partial charge in [0.15, 0.2) is 0 Å². The molecule has 28 heavy (non-hydrogen) atoms. The van der Waals surface area contributed by atoms with Gasteiger partial charge in [0.1, 0.15) is 23.0 Å². The highest BCUT2D eigenvalue weighted by atomic mass is 16.5. The Bertz CT molecular complexity index is 747. The molecule has 0 aliphatic heterocycles. The molecule has 1 aromatic rings. The molecule has 2 atom stereocenters. The molecule has 6 nitrogen and oxygen atoms in total. The quantitative estimate of drug-likeness (QED) is 0.494. The van der Waals surface area contributed by atoms with Crippen molar-refractivity contribution in [1.29, 1.82) is 5.26 Å². The summed E-state index contributed by atoms with van der Waals surface area (Å²) in [6.45, 7) is 0.632. The van der Waals surface area contributed by atoms with Gasteiger partial charge in [-0.15, -0.1) is 0 Å². The SMILES string of the molecule is N#Cc1ccc(OCCCCCCCCC2(O)C=CC(O)=CC2C(=O)O)cc1. The summed E-state index contributed by atoms with van der Waals surface area (Å²) < 4.78 is 5.64. The molecule has 0 bridgehead atoms. The minimum atomic E-state index is -1.44. The van der Waals surface area contributed by atoms with Gasteiger partial charge in [-0.3, -0.25) is 4.79 Å². The van der Waals surface area contributed by atoms with Gasteiger partial charge in [-0.2, -0.15) is 5.26 Å². The Balaban J connectivity index is 1.56. The summed E-state index contributed by atoms with van der Waals surface area (Å²) in [5.41, 5.74) is -0.823. The van der Waals surface area contributed by atoms with Crippen LogP contribution in [0.4, 0.5) is 0 Å². The van der Waals surface area contributed by atoms with E-state index in [4.69, 9.17) is 10.00 Å². The van der Waals surface area contributed by atoms with E-state index in [1.807, 2.05) is 0 Å². The zero-order valence-electron chi connectivity index (χ0n) is 15.9. The van der Waals surface area contributed by atoms with Gasteiger partial charge in [0.05, 0.1) is 18.2 Å². The van der Waals surface area contributed by atoms with Crippen molar-refractivity contribution >= 4 is 5.97 Å². The molecule has 2 rings (SSSR count). The number of hydrogen-bond donors (Lipinski definition) is 3. The average molecular weight is 385 g/mol. The second-order valence-corrected chi connectivity index (χ2v) is 7.09. The maximum absolute atomic E-state index is 11.3. The summed E-state index contributed by atoms with van der Waals surface area (Å²) in [5, 5.41) is 38.0. The molecule has 0 fully saturated rings. The number of unbranched alkanes of at least 4 members (excludes halogenated alkanes) is 5. The predicted octanol–water partition coefficient (Wildman–Crippen LogP) is 4.11. The number of aliphatic hydroxyl groups excluding tert-OH is 1. The Hall–Kier alpha value is -2.78.